The van der Waals surface area contributed by atoms with Crippen LogP contribution in [0.15, 0.2) is 71.6 Å². The number of Topliss-reactive ketones (excluding diaryl/α,β-unsaturated/α-hetero) is 1. The number of carbonyl (C=O) groups is 2. The van der Waals surface area contributed by atoms with Gasteiger partial charge >= 0.3 is 0 Å². The summed E-state index contributed by atoms with van der Waals surface area (Å²) < 4.78 is 19.3. The van der Waals surface area contributed by atoms with E-state index in [1.54, 1.807) is 24.3 Å². The summed E-state index contributed by atoms with van der Waals surface area (Å²) in [5.74, 6) is -1.14. The summed E-state index contributed by atoms with van der Waals surface area (Å²) in [4.78, 5) is 28.3. The van der Waals surface area contributed by atoms with Gasteiger partial charge in [0.15, 0.2) is 0 Å². The SMILES string of the molecule is CC(C)COc1ccc(/C(O)=C2/C(=O)C(=O)N(Cc3cccs3)C2c2ccc(F)cc2)cc1. The number of rotatable bonds is 7. The first-order valence-electron chi connectivity index (χ1n) is 10.6. The number of nitrogens with zero attached hydrogens (tertiary/aromatic N) is 1. The zero-order valence-corrected chi connectivity index (χ0v) is 19.1. The van der Waals surface area contributed by atoms with Crippen LogP contribution in [-0.4, -0.2) is 28.3 Å². The van der Waals surface area contributed by atoms with E-state index in [0.29, 0.717) is 29.4 Å². The number of benzene rings is 2. The van der Waals surface area contributed by atoms with Crippen molar-refractivity contribution in [3.8, 4) is 5.75 Å². The van der Waals surface area contributed by atoms with Crippen molar-refractivity contribution in [3.05, 3.63) is 93.4 Å². The number of carbonyl (C=O) groups excluding carboxylic acids is 2. The summed E-state index contributed by atoms with van der Waals surface area (Å²) in [6.07, 6.45) is 0. The summed E-state index contributed by atoms with van der Waals surface area (Å²) in [6, 6.07) is 15.3. The van der Waals surface area contributed by atoms with Crippen LogP contribution in [-0.2, 0) is 16.1 Å². The van der Waals surface area contributed by atoms with Crippen molar-refractivity contribution in [2.24, 2.45) is 5.92 Å². The third-order valence-corrected chi connectivity index (χ3v) is 6.20. The van der Waals surface area contributed by atoms with Gasteiger partial charge in [-0.1, -0.05) is 32.0 Å². The summed E-state index contributed by atoms with van der Waals surface area (Å²) in [5.41, 5.74) is 0.928. The zero-order valence-electron chi connectivity index (χ0n) is 18.3. The fourth-order valence-corrected chi connectivity index (χ4v) is 4.44. The molecule has 0 saturated carbocycles. The molecule has 170 valence electrons. The largest absolute Gasteiger partial charge is 0.507 e. The molecule has 1 saturated heterocycles. The fourth-order valence-electron chi connectivity index (χ4n) is 3.73. The van der Waals surface area contributed by atoms with Gasteiger partial charge in [0.1, 0.15) is 17.3 Å². The third-order valence-electron chi connectivity index (χ3n) is 5.34. The molecule has 1 fully saturated rings. The molecule has 0 aliphatic carbocycles. The summed E-state index contributed by atoms with van der Waals surface area (Å²) in [5, 5.41) is 13.0. The molecule has 33 heavy (non-hydrogen) atoms. The van der Waals surface area contributed by atoms with Gasteiger partial charge in [-0.2, -0.15) is 0 Å². The molecular weight excluding hydrogens is 441 g/mol. The van der Waals surface area contributed by atoms with E-state index in [4.69, 9.17) is 4.74 Å². The zero-order chi connectivity index (χ0) is 23.5. The molecular formula is C26H24FNO4S. The summed E-state index contributed by atoms with van der Waals surface area (Å²) in [7, 11) is 0. The predicted molar refractivity (Wildman–Crippen MR) is 125 cm³/mol. The molecule has 4 rings (SSSR count). The number of aliphatic hydroxyl groups is 1. The Labute approximate surface area is 195 Å². The Balaban J connectivity index is 1.75. The van der Waals surface area contributed by atoms with E-state index in [0.717, 1.165) is 4.88 Å². The van der Waals surface area contributed by atoms with Crippen molar-refractivity contribution in [1.82, 2.24) is 4.90 Å². The van der Waals surface area contributed by atoms with Crippen molar-refractivity contribution >= 4 is 28.8 Å². The Morgan fingerprint density at radius 3 is 2.39 bits per heavy atom. The molecule has 0 spiro atoms. The lowest BCUT2D eigenvalue weighted by Gasteiger charge is -2.25. The Bertz CT molecular complexity index is 1170. The second-order valence-electron chi connectivity index (χ2n) is 8.29. The Hall–Kier alpha value is -3.45. The first-order chi connectivity index (χ1) is 15.8. The molecule has 2 aromatic carbocycles. The molecule has 1 aliphatic heterocycles. The number of hydrogen-bond acceptors (Lipinski definition) is 5. The number of likely N-dealkylation sites (tertiary alicyclic amines) is 1. The highest BCUT2D eigenvalue weighted by Gasteiger charge is 2.46. The Morgan fingerprint density at radius 1 is 1.09 bits per heavy atom. The molecule has 5 nitrogen and oxygen atoms in total. The lowest BCUT2D eigenvalue weighted by atomic mass is 9.95. The highest BCUT2D eigenvalue weighted by molar-refractivity contribution is 7.09. The standard InChI is InChI=1S/C26H24FNO4S/c1-16(2)15-32-20-11-7-18(8-12-20)24(29)22-23(17-5-9-19(27)10-6-17)28(26(31)25(22)30)14-21-4-3-13-33-21/h3-13,16,23,29H,14-15H2,1-2H3/b24-22-. The van der Waals surface area contributed by atoms with Crippen LogP contribution in [0, 0.1) is 11.7 Å². The minimum atomic E-state index is -0.829. The van der Waals surface area contributed by atoms with Crippen molar-refractivity contribution in [1.29, 1.82) is 0 Å². The number of ether oxygens (including phenoxy) is 1. The molecule has 0 radical (unpaired) electrons. The van der Waals surface area contributed by atoms with Gasteiger partial charge in [0.2, 0.25) is 0 Å². The van der Waals surface area contributed by atoms with E-state index >= 15 is 0 Å². The maximum atomic E-state index is 13.6. The second-order valence-corrected chi connectivity index (χ2v) is 9.32. The van der Waals surface area contributed by atoms with Crippen molar-refractivity contribution in [2.45, 2.75) is 26.4 Å². The van der Waals surface area contributed by atoms with Crippen molar-refractivity contribution in [2.75, 3.05) is 6.61 Å². The Morgan fingerprint density at radius 2 is 1.79 bits per heavy atom. The first-order valence-corrected chi connectivity index (χ1v) is 11.5. The van der Waals surface area contributed by atoms with E-state index in [-0.39, 0.29) is 17.9 Å². The number of ketones is 1. The minimum Gasteiger partial charge on any atom is -0.507 e. The topological polar surface area (TPSA) is 66.8 Å². The molecule has 1 unspecified atom stereocenters. The van der Waals surface area contributed by atoms with E-state index in [1.807, 2.05) is 31.4 Å². The Kier molecular flexibility index (Phi) is 6.60. The molecule has 1 amide bonds. The maximum Gasteiger partial charge on any atom is 0.295 e. The monoisotopic (exact) mass is 465 g/mol. The predicted octanol–water partition coefficient (Wildman–Crippen LogP) is 5.54. The van der Waals surface area contributed by atoms with Crippen LogP contribution >= 0.6 is 11.3 Å². The summed E-state index contributed by atoms with van der Waals surface area (Å²) >= 11 is 1.47. The van der Waals surface area contributed by atoms with Gasteiger partial charge in [-0.3, -0.25) is 9.59 Å². The third kappa shape index (κ3) is 4.83. The van der Waals surface area contributed by atoms with Gasteiger partial charge in [-0.05, 0) is 59.3 Å². The van der Waals surface area contributed by atoms with Gasteiger partial charge in [-0.25, -0.2) is 4.39 Å². The molecule has 1 N–H and O–H groups in total. The molecule has 2 heterocycles. The lowest BCUT2D eigenvalue weighted by Crippen LogP contribution is -2.28. The molecule has 7 heteroatoms. The molecule has 1 atom stereocenters. The second kappa shape index (κ2) is 9.58. The van der Waals surface area contributed by atoms with Crippen LogP contribution < -0.4 is 4.74 Å². The average Bonchev–Trinajstić information content (AvgIpc) is 3.41. The van der Waals surface area contributed by atoms with E-state index in [9.17, 15) is 19.1 Å². The average molecular weight is 466 g/mol. The van der Waals surface area contributed by atoms with Crippen LogP contribution in [0.25, 0.3) is 5.76 Å². The molecule has 3 aromatic rings. The van der Waals surface area contributed by atoms with Gasteiger partial charge in [0, 0.05) is 10.4 Å². The molecule has 1 aliphatic rings. The highest BCUT2D eigenvalue weighted by Crippen LogP contribution is 2.40. The van der Waals surface area contributed by atoms with Gasteiger partial charge < -0.3 is 14.7 Å². The van der Waals surface area contributed by atoms with Crippen LogP contribution in [0.3, 0.4) is 0 Å². The number of thiophene rings is 1. The smallest absolute Gasteiger partial charge is 0.295 e. The maximum absolute atomic E-state index is 13.6. The molecule has 1 aromatic heterocycles. The van der Waals surface area contributed by atoms with Gasteiger partial charge in [-0.15, -0.1) is 11.3 Å². The van der Waals surface area contributed by atoms with Gasteiger partial charge in [0.05, 0.1) is 24.8 Å². The van der Waals surface area contributed by atoms with Crippen LogP contribution in [0.4, 0.5) is 4.39 Å². The van der Waals surface area contributed by atoms with Crippen LogP contribution in [0.1, 0.15) is 35.9 Å². The summed E-state index contributed by atoms with van der Waals surface area (Å²) in [6.45, 7) is 4.86. The number of aliphatic hydroxyl groups excluding tert-OH is 1. The number of hydrogen-bond donors (Lipinski definition) is 1. The van der Waals surface area contributed by atoms with E-state index in [2.05, 4.69) is 0 Å². The lowest BCUT2D eigenvalue weighted by molar-refractivity contribution is -0.140. The fraction of sp³-hybridized carbons (Fsp3) is 0.231. The highest BCUT2D eigenvalue weighted by atomic mass is 32.1. The van der Waals surface area contributed by atoms with E-state index in [1.165, 1.54) is 40.5 Å². The quantitative estimate of drug-likeness (QED) is 0.282. The normalized spacial score (nSPS) is 17.7. The van der Waals surface area contributed by atoms with E-state index < -0.39 is 23.5 Å². The van der Waals surface area contributed by atoms with Crippen molar-refractivity contribution in [3.63, 3.8) is 0 Å². The van der Waals surface area contributed by atoms with Crippen molar-refractivity contribution < 1.29 is 23.8 Å². The molecule has 0 bridgehead atoms. The van der Waals surface area contributed by atoms with Gasteiger partial charge in [0.25, 0.3) is 11.7 Å². The first kappa shape index (κ1) is 22.7. The number of amides is 1. The minimum absolute atomic E-state index is 0.0148. The number of halogens is 1. The van der Waals surface area contributed by atoms with Crippen LogP contribution in [0.2, 0.25) is 0 Å². The van der Waals surface area contributed by atoms with Crippen LogP contribution in [0.5, 0.6) is 5.75 Å².